The van der Waals surface area contributed by atoms with Crippen LogP contribution in [0.2, 0.25) is 0 Å². The molecule has 0 aromatic carbocycles. The summed E-state index contributed by atoms with van der Waals surface area (Å²) in [6.07, 6.45) is 0. The molecule has 3 N–H and O–H groups in total. The molecular weight excluding hydrogens is 216 g/mol. The molecule has 0 saturated carbocycles. The van der Waals surface area contributed by atoms with Crippen LogP contribution in [0.25, 0.3) is 0 Å². The third-order valence-electron chi connectivity index (χ3n) is 1.87. The van der Waals surface area contributed by atoms with Gasteiger partial charge in [0, 0.05) is 6.54 Å². The van der Waals surface area contributed by atoms with Gasteiger partial charge in [0.15, 0.2) is 0 Å². The van der Waals surface area contributed by atoms with Crippen LogP contribution in [0.1, 0.15) is 6.92 Å². The Labute approximate surface area is 92.7 Å². The minimum absolute atomic E-state index is 0.353. The van der Waals surface area contributed by atoms with Crippen molar-refractivity contribution in [2.45, 2.75) is 12.8 Å². The number of aliphatic hydroxyl groups is 1. The molecule has 4 nitrogen and oxygen atoms in total. The number of nitrogens with zero attached hydrogens (tertiary/aromatic N) is 1. The number of alkyl halides is 2. The van der Waals surface area contributed by atoms with Gasteiger partial charge in [-0.15, -0.1) is 0 Å². The van der Waals surface area contributed by atoms with E-state index in [4.69, 9.17) is 5.11 Å². The number of rotatable bonds is 6. The molecule has 0 aliphatic heterocycles. The number of hydrogen-bond donors (Lipinski definition) is 3. The van der Waals surface area contributed by atoms with Crippen LogP contribution in [-0.4, -0.2) is 35.7 Å². The zero-order valence-electron chi connectivity index (χ0n) is 9.00. The molecule has 1 heterocycles. The summed E-state index contributed by atoms with van der Waals surface area (Å²) in [7, 11) is 0. The predicted molar refractivity (Wildman–Crippen MR) is 58.9 cm³/mol. The zero-order chi connectivity index (χ0) is 12.0. The summed E-state index contributed by atoms with van der Waals surface area (Å²) in [5.41, 5.74) is 0. The predicted octanol–water partition coefficient (Wildman–Crippen LogP) is 1.55. The summed E-state index contributed by atoms with van der Waals surface area (Å²) in [5.74, 6) is -2.15. The Morgan fingerprint density at radius 2 is 1.94 bits per heavy atom. The Balaban J connectivity index is 2.57. The molecule has 0 radical (unpaired) electrons. The van der Waals surface area contributed by atoms with E-state index in [9.17, 15) is 8.78 Å². The lowest BCUT2D eigenvalue weighted by Crippen LogP contribution is -2.31. The van der Waals surface area contributed by atoms with Crippen molar-refractivity contribution in [2.24, 2.45) is 0 Å². The maximum atomic E-state index is 12.7. The number of halogens is 2. The summed E-state index contributed by atoms with van der Waals surface area (Å²) in [6.45, 7) is 0.823. The normalized spacial score (nSPS) is 11.2. The first kappa shape index (κ1) is 12.6. The van der Waals surface area contributed by atoms with E-state index >= 15 is 0 Å². The number of hydrogen-bond acceptors (Lipinski definition) is 4. The SMILES string of the molecule is CCNc1cccc(NCC(F)(F)CO)n1. The summed E-state index contributed by atoms with van der Waals surface area (Å²) in [4.78, 5) is 4.06. The zero-order valence-corrected chi connectivity index (χ0v) is 9.00. The molecule has 0 amide bonds. The monoisotopic (exact) mass is 231 g/mol. The van der Waals surface area contributed by atoms with Crippen LogP contribution in [0.3, 0.4) is 0 Å². The summed E-state index contributed by atoms with van der Waals surface area (Å²) < 4.78 is 25.5. The molecule has 0 aliphatic rings. The number of aromatic nitrogens is 1. The van der Waals surface area contributed by atoms with Crippen LogP contribution < -0.4 is 10.6 Å². The van der Waals surface area contributed by atoms with Crippen LogP contribution >= 0.6 is 0 Å². The largest absolute Gasteiger partial charge is 0.390 e. The van der Waals surface area contributed by atoms with Crippen molar-refractivity contribution in [3.05, 3.63) is 18.2 Å². The Morgan fingerprint density at radius 3 is 2.50 bits per heavy atom. The Morgan fingerprint density at radius 1 is 1.31 bits per heavy atom. The molecule has 0 bridgehead atoms. The maximum Gasteiger partial charge on any atom is 0.287 e. The average molecular weight is 231 g/mol. The number of anilines is 2. The lowest BCUT2D eigenvalue weighted by Gasteiger charge is -2.14. The minimum Gasteiger partial charge on any atom is -0.390 e. The van der Waals surface area contributed by atoms with E-state index < -0.39 is 19.1 Å². The van der Waals surface area contributed by atoms with Crippen molar-refractivity contribution >= 4 is 11.6 Å². The van der Waals surface area contributed by atoms with Crippen molar-refractivity contribution in [1.29, 1.82) is 0 Å². The van der Waals surface area contributed by atoms with E-state index in [0.717, 1.165) is 0 Å². The van der Waals surface area contributed by atoms with E-state index in [1.807, 2.05) is 6.92 Å². The highest BCUT2D eigenvalue weighted by Crippen LogP contribution is 2.14. The van der Waals surface area contributed by atoms with E-state index in [1.165, 1.54) is 0 Å². The minimum atomic E-state index is -3.13. The number of pyridine rings is 1. The van der Waals surface area contributed by atoms with E-state index in [1.54, 1.807) is 18.2 Å². The van der Waals surface area contributed by atoms with Crippen LogP contribution in [0.15, 0.2) is 18.2 Å². The molecular formula is C10H15F2N3O. The second-order valence-electron chi connectivity index (χ2n) is 3.31. The van der Waals surface area contributed by atoms with Gasteiger partial charge in [-0.05, 0) is 19.1 Å². The van der Waals surface area contributed by atoms with E-state index in [2.05, 4.69) is 15.6 Å². The van der Waals surface area contributed by atoms with Gasteiger partial charge in [0.05, 0.1) is 6.54 Å². The summed E-state index contributed by atoms with van der Waals surface area (Å²) in [5, 5.41) is 13.8. The van der Waals surface area contributed by atoms with Crippen molar-refractivity contribution in [2.75, 3.05) is 30.3 Å². The fourth-order valence-electron chi connectivity index (χ4n) is 1.09. The standard InChI is InChI=1S/C10H15F2N3O/c1-2-13-8-4-3-5-9(15-8)14-6-10(11,12)7-16/h3-5,16H,2,6-7H2,1H3,(H2,13,14,15). The second kappa shape index (κ2) is 5.60. The molecule has 6 heteroatoms. The van der Waals surface area contributed by atoms with Crippen molar-refractivity contribution in [1.82, 2.24) is 4.98 Å². The molecule has 0 fully saturated rings. The molecule has 16 heavy (non-hydrogen) atoms. The maximum absolute atomic E-state index is 12.7. The van der Waals surface area contributed by atoms with Gasteiger partial charge >= 0.3 is 0 Å². The number of aliphatic hydroxyl groups excluding tert-OH is 1. The average Bonchev–Trinajstić information content (AvgIpc) is 2.28. The fraction of sp³-hybridized carbons (Fsp3) is 0.500. The van der Waals surface area contributed by atoms with Gasteiger partial charge in [-0.2, -0.15) is 0 Å². The molecule has 0 saturated heterocycles. The summed E-state index contributed by atoms with van der Waals surface area (Å²) in [6, 6.07) is 5.05. The first-order valence-electron chi connectivity index (χ1n) is 5.01. The van der Waals surface area contributed by atoms with Crippen LogP contribution in [0.4, 0.5) is 20.4 Å². The molecule has 1 rings (SSSR count). The molecule has 0 aliphatic carbocycles. The van der Waals surface area contributed by atoms with Gasteiger partial charge in [-0.3, -0.25) is 0 Å². The molecule has 90 valence electrons. The summed E-state index contributed by atoms with van der Waals surface area (Å²) >= 11 is 0. The van der Waals surface area contributed by atoms with Gasteiger partial charge in [-0.1, -0.05) is 6.07 Å². The van der Waals surface area contributed by atoms with Crippen LogP contribution in [-0.2, 0) is 0 Å². The van der Waals surface area contributed by atoms with Gasteiger partial charge < -0.3 is 15.7 Å². The lowest BCUT2D eigenvalue weighted by atomic mass is 10.3. The molecule has 0 spiro atoms. The highest BCUT2D eigenvalue weighted by atomic mass is 19.3. The number of nitrogens with one attached hydrogen (secondary N) is 2. The van der Waals surface area contributed by atoms with Gasteiger partial charge in [0.2, 0.25) is 0 Å². The molecule has 1 aromatic heterocycles. The molecule has 0 unspecified atom stereocenters. The highest BCUT2D eigenvalue weighted by molar-refractivity contribution is 5.45. The van der Waals surface area contributed by atoms with Gasteiger partial charge in [0.1, 0.15) is 18.2 Å². The first-order chi connectivity index (χ1) is 7.57. The van der Waals surface area contributed by atoms with Crippen molar-refractivity contribution in [3.8, 4) is 0 Å². The Hall–Kier alpha value is -1.43. The van der Waals surface area contributed by atoms with Crippen LogP contribution in [0.5, 0.6) is 0 Å². The Kier molecular flexibility index (Phi) is 4.42. The van der Waals surface area contributed by atoms with Gasteiger partial charge in [-0.25, -0.2) is 13.8 Å². The smallest absolute Gasteiger partial charge is 0.287 e. The van der Waals surface area contributed by atoms with Gasteiger partial charge in [0.25, 0.3) is 5.92 Å². The third-order valence-corrected chi connectivity index (χ3v) is 1.87. The van der Waals surface area contributed by atoms with Crippen LogP contribution in [0, 0.1) is 0 Å². The topological polar surface area (TPSA) is 57.2 Å². The highest BCUT2D eigenvalue weighted by Gasteiger charge is 2.27. The van der Waals surface area contributed by atoms with Crippen molar-refractivity contribution in [3.63, 3.8) is 0 Å². The third kappa shape index (κ3) is 3.98. The quantitative estimate of drug-likeness (QED) is 0.695. The molecule has 1 aromatic rings. The van der Waals surface area contributed by atoms with E-state index in [0.29, 0.717) is 18.2 Å². The lowest BCUT2D eigenvalue weighted by molar-refractivity contribution is -0.0373. The Bertz CT molecular complexity index is 334. The molecule has 0 atom stereocenters. The second-order valence-corrected chi connectivity index (χ2v) is 3.31. The van der Waals surface area contributed by atoms with E-state index in [-0.39, 0.29) is 0 Å². The fourth-order valence-corrected chi connectivity index (χ4v) is 1.09. The van der Waals surface area contributed by atoms with Crippen molar-refractivity contribution < 1.29 is 13.9 Å². The first-order valence-corrected chi connectivity index (χ1v) is 5.01.